The molecule has 0 unspecified atom stereocenters. The average molecular weight is 563 g/mol. The van der Waals surface area contributed by atoms with Gasteiger partial charge >= 0.3 is 0 Å². The molecule has 0 aromatic carbocycles. The van der Waals surface area contributed by atoms with Crippen molar-refractivity contribution in [3.05, 3.63) is 0 Å². The van der Waals surface area contributed by atoms with Crippen molar-refractivity contribution in [3.63, 3.8) is 0 Å². The van der Waals surface area contributed by atoms with Gasteiger partial charge < -0.3 is 21.5 Å². The summed E-state index contributed by atoms with van der Waals surface area (Å²) >= 11 is 0. The fourth-order valence-electron chi connectivity index (χ4n) is 5.58. The van der Waals surface area contributed by atoms with Gasteiger partial charge in [-0.15, -0.1) is 0 Å². The third kappa shape index (κ3) is 27.3. The largest absolute Gasteiger partial charge is 1.00 e. The first-order valence-corrected chi connectivity index (χ1v) is 16.1. The Kier molecular flexibility index (Phi) is 37.1. The first-order valence-electron chi connectivity index (χ1n) is 16.1. The monoisotopic (exact) mass is 561 g/mol. The zero-order valence-electron chi connectivity index (χ0n) is 24.6. The SMILES string of the molecule is C.CCCCCCCC[N+](CCCCCCCC)(CCCCCCCC)CCCCCCCC.[Br-]. The molecule has 0 rings (SSSR count). The van der Waals surface area contributed by atoms with Gasteiger partial charge in [-0.3, -0.25) is 0 Å². The van der Waals surface area contributed by atoms with Gasteiger partial charge in [-0.1, -0.05) is 138 Å². The molecule has 0 saturated heterocycles. The molecule has 1 nitrogen and oxygen atoms in total. The summed E-state index contributed by atoms with van der Waals surface area (Å²) in [5.41, 5.74) is 0. The normalized spacial score (nSPS) is 11.3. The van der Waals surface area contributed by atoms with Gasteiger partial charge in [-0.05, 0) is 51.4 Å². The predicted octanol–water partition coefficient (Wildman–Crippen LogP) is 8.89. The van der Waals surface area contributed by atoms with Crippen LogP contribution in [0.3, 0.4) is 0 Å². The highest BCUT2D eigenvalue weighted by atomic mass is 79.9. The third-order valence-electron chi connectivity index (χ3n) is 7.94. The second-order valence-corrected chi connectivity index (χ2v) is 11.3. The van der Waals surface area contributed by atoms with E-state index in [1.807, 2.05) is 0 Å². The molecule has 0 bridgehead atoms. The molecule has 0 aliphatic heterocycles. The molecule has 0 aromatic rings. The van der Waals surface area contributed by atoms with Crippen molar-refractivity contribution >= 4 is 0 Å². The van der Waals surface area contributed by atoms with Crippen LogP contribution in [0.2, 0.25) is 0 Å². The summed E-state index contributed by atoms with van der Waals surface area (Å²) in [6.45, 7) is 15.3. The van der Waals surface area contributed by atoms with Crippen LogP contribution in [0.5, 0.6) is 0 Å². The molecule has 0 spiro atoms. The number of rotatable bonds is 28. The molecule has 0 atom stereocenters. The summed E-state index contributed by atoms with van der Waals surface area (Å²) in [6, 6.07) is 0. The summed E-state index contributed by atoms with van der Waals surface area (Å²) in [6.07, 6.45) is 34.8. The minimum absolute atomic E-state index is 0. The standard InChI is InChI=1S/C32H68N.CH4.BrH/c1-5-9-13-17-21-25-29-33(30-26-22-18-14-10-6-2,31-27-23-19-15-11-7-3)32-28-24-20-16-12-8-4;;/h5-32H2,1-4H3;1H4;1H/q+1;;/p-1. The van der Waals surface area contributed by atoms with Gasteiger partial charge in [0.15, 0.2) is 0 Å². The van der Waals surface area contributed by atoms with E-state index in [2.05, 4.69) is 27.7 Å². The zero-order chi connectivity index (χ0) is 24.3. The molecule has 0 aliphatic rings. The van der Waals surface area contributed by atoms with E-state index in [4.69, 9.17) is 0 Å². The molecule has 35 heavy (non-hydrogen) atoms. The molecule has 0 aliphatic carbocycles. The van der Waals surface area contributed by atoms with Crippen LogP contribution in [-0.4, -0.2) is 30.7 Å². The fraction of sp³-hybridized carbons (Fsp3) is 1.00. The summed E-state index contributed by atoms with van der Waals surface area (Å²) < 4.78 is 1.48. The molecule has 0 amide bonds. The summed E-state index contributed by atoms with van der Waals surface area (Å²) in [5, 5.41) is 0. The molecule has 0 radical (unpaired) electrons. The quantitative estimate of drug-likeness (QED) is 0.0660. The van der Waals surface area contributed by atoms with Crippen molar-refractivity contribution in [1.82, 2.24) is 0 Å². The van der Waals surface area contributed by atoms with E-state index < -0.39 is 0 Å². The van der Waals surface area contributed by atoms with Crippen molar-refractivity contribution in [1.29, 1.82) is 0 Å². The minimum atomic E-state index is 0. The topological polar surface area (TPSA) is 0 Å². The van der Waals surface area contributed by atoms with Crippen LogP contribution in [0, 0.1) is 0 Å². The minimum Gasteiger partial charge on any atom is -1.00 e. The highest BCUT2D eigenvalue weighted by molar-refractivity contribution is 4.55. The van der Waals surface area contributed by atoms with Crippen LogP contribution in [0.1, 0.15) is 189 Å². The maximum atomic E-state index is 2.34. The van der Waals surface area contributed by atoms with Crippen LogP contribution in [0.15, 0.2) is 0 Å². The lowest BCUT2D eigenvalue weighted by Crippen LogP contribution is -3.00. The van der Waals surface area contributed by atoms with Gasteiger partial charge in [0.1, 0.15) is 0 Å². The zero-order valence-corrected chi connectivity index (χ0v) is 26.2. The number of unbranched alkanes of at least 4 members (excludes halogenated alkanes) is 20. The van der Waals surface area contributed by atoms with Crippen LogP contribution in [0.4, 0.5) is 0 Å². The van der Waals surface area contributed by atoms with Crippen LogP contribution >= 0.6 is 0 Å². The Morgan fingerprint density at radius 3 is 0.657 bits per heavy atom. The van der Waals surface area contributed by atoms with Crippen molar-refractivity contribution < 1.29 is 21.5 Å². The smallest absolute Gasteiger partial charge is 0.0786 e. The van der Waals surface area contributed by atoms with E-state index in [1.54, 1.807) is 0 Å². The number of halogens is 1. The van der Waals surface area contributed by atoms with Gasteiger partial charge in [-0.2, -0.15) is 0 Å². The molecule has 0 saturated carbocycles. The van der Waals surface area contributed by atoms with E-state index in [9.17, 15) is 0 Å². The van der Waals surface area contributed by atoms with E-state index in [1.165, 1.54) is 185 Å². The van der Waals surface area contributed by atoms with Crippen molar-refractivity contribution in [2.24, 2.45) is 0 Å². The van der Waals surface area contributed by atoms with E-state index in [0.29, 0.717) is 0 Å². The first kappa shape index (κ1) is 39.9. The summed E-state index contributed by atoms with van der Waals surface area (Å²) in [7, 11) is 0. The number of hydrogen-bond acceptors (Lipinski definition) is 0. The Morgan fingerprint density at radius 2 is 0.457 bits per heavy atom. The Labute approximate surface area is 236 Å². The van der Waals surface area contributed by atoms with Crippen molar-refractivity contribution in [2.45, 2.75) is 189 Å². The molecule has 0 heterocycles. The summed E-state index contributed by atoms with van der Waals surface area (Å²) in [5.74, 6) is 0. The van der Waals surface area contributed by atoms with Crippen molar-refractivity contribution in [2.75, 3.05) is 26.2 Å². The van der Waals surface area contributed by atoms with Crippen molar-refractivity contribution in [3.8, 4) is 0 Å². The van der Waals surface area contributed by atoms with Crippen LogP contribution < -0.4 is 17.0 Å². The van der Waals surface area contributed by atoms with Gasteiger partial charge in [0.2, 0.25) is 0 Å². The number of nitrogens with zero attached hydrogens (tertiary/aromatic N) is 1. The highest BCUT2D eigenvalue weighted by Crippen LogP contribution is 2.20. The molecular weight excluding hydrogens is 490 g/mol. The van der Waals surface area contributed by atoms with E-state index in [0.717, 1.165) is 0 Å². The lowest BCUT2D eigenvalue weighted by Gasteiger charge is -2.40. The van der Waals surface area contributed by atoms with Gasteiger partial charge in [0.05, 0.1) is 26.2 Å². The maximum Gasteiger partial charge on any atom is 0.0786 e. The molecule has 2 heteroatoms. The number of quaternary nitrogens is 1. The van der Waals surface area contributed by atoms with Gasteiger partial charge in [0, 0.05) is 0 Å². The summed E-state index contributed by atoms with van der Waals surface area (Å²) in [4.78, 5) is 0. The Morgan fingerprint density at radius 1 is 0.286 bits per heavy atom. The van der Waals surface area contributed by atoms with Gasteiger partial charge in [0.25, 0.3) is 0 Å². The predicted molar refractivity (Wildman–Crippen MR) is 160 cm³/mol. The Hall–Kier alpha value is 0.440. The third-order valence-corrected chi connectivity index (χ3v) is 7.94. The second-order valence-electron chi connectivity index (χ2n) is 11.3. The molecule has 0 fully saturated rings. The van der Waals surface area contributed by atoms with E-state index >= 15 is 0 Å². The average Bonchev–Trinajstić information content (AvgIpc) is 2.83. The second kappa shape index (κ2) is 32.5. The van der Waals surface area contributed by atoms with Crippen LogP contribution in [0.25, 0.3) is 0 Å². The van der Waals surface area contributed by atoms with Gasteiger partial charge in [-0.25, -0.2) is 0 Å². The number of hydrogen-bond donors (Lipinski definition) is 0. The highest BCUT2D eigenvalue weighted by Gasteiger charge is 2.25. The Balaban J connectivity index is -0.00000512. The first-order chi connectivity index (χ1) is 16.2. The molecular formula is C33H72BrN. The lowest BCUT2D eigenvalue weighted by molar-refractivity contribution is -0.929. The van der Waals surface area contributed by atoms with E-state index in [-0.39, 0.29) is 24.4 Å². The van der Waals surface area contributed by atoms with Crippen LogP contribution in [-0.2, 0) is 0 Å². The molecule has 0 aromatic heterocycles. The maximum absolute atomic E-state index is 2.34. The lowest BCUT2D eigenvalue weighted by atomic mass is 10.0. The molecule has 0 N–H and O–H groups in total. The molecule has 216 valence electrons. The fourth-order valence-corrected chi connectivity index (χ4v) is 5.58. The Bertz CT molecular complexity index is 287.